The molecule has 0 aliphatic carbocycles. The van der Waals surface area contributed by atoms with E-state index in [0.29, 0.717) is 6.61 Å². The zero-order chi connectivity index (χ0) is 20.2. The van der Waals surface area contributed by atoms with Crippen LogP contribution in [0.5, 0.6) is 5.75 Å². The number of methoxy groups -OCH3 is 1. The minimum Gasteiger partial charge on any atom is -0.497 e. The molecule has 0 bridgehead atoms. The van der Waals surface area contributed by atoms with E-state index in [9.17, 15) is 5.11 Å². The first-order valence-corrected chi connectivity index (χ1v) is 9.36. The van der Waals surface area contributed by atoms with E-state index in [-0.39, 0.29) is 12.7 Å². The summed E-state index contributed by atoms with van der Waals surface area (Å²) in [5.41, 5.74) is 0.343. The van der Waals surface area contributed by atoms with E-state index in [1.807, 2.05) is 68.4 Å². The van der Waals surface area contributed by atoms with E-state index >= 15 is 0 Å². The van der Waals surface area contributed by atoms with Gasteiger partial charge in [0.1, 0.15) is 23.6 Å². The molecule has 0 amide bonds. The SMILES string of the molecule is C=C[C@@](O)(CO[C@H](c1ccc(OC)cc1)[C@H]1COC(C)(C)O1)c1ccccc1. The first kappa shape index (κ1) is 20.6. The van der Waals surface area contributed by atoms with Gasteiger partial charge in [0.2, 0.25) is 0 Å². The van der Waals surface area contributed by atoms with Gasteiger partial charge in [-0.2, -0.15) is 0 Å². The average molecular weight is 384 g/mol. The maximum Gasteiger partial charge on any atom is 0.163 e. The van der Waals surface area contributed by atoms with Crippen molar-refractivity contribution in [2.45, 2.75) is 37.4 Å². The van der Waals surface area contributed by atoms with Gasteiger partial charge in [-0.15, -0.1) is 0 Å². The molecule has 3 rings (SSSR count). The standard InChI is InChI=1S/C23H28O5/c1-5-23(24,18-9-7-6-8-10-18)16-26-21(20-15-27-22(2,3)28-20)17-11-13-19(25-4)14-12-17/h5-14,20-21,24H,1,15-16H2,2-4H3/t20-,21-,23-/m1/s1. The molecular formula is C23H28O5. The average Bonchev–Trinajstić information content (AvgIpc) is 3.08. The fourth-order valence-corrected chi connectivity index (χ4v) is 3.28. The predicted octanol–water partition coefficient (Wildman–Crippen LogP) is 3.98. The molecule has 0 saturated carbocycles. The molecule has 2 aromatic carbocycles. The Kier molecular flexibility index (Phi) is 6.20. The lowest BCUT2D eigenvalue weighted by atomic mass is 9.94. The molecule has 1 N–H and O–H groups in total. The monoisotopic (exact) mass is 384 g/mol. The molecule has 0 spiro atoms. The van der Waals surface area contributed by atoms with Gasteiger partial charge < -0.3 is 24.1 Å². The highest BCUT2D eigenvalue weighted by Gasteiger charge is 2.40. The van der Waals surface area contributed by atoms with Crippen LogP contribution in [0.1, 0.15) is 31.1 Å². The van der Waals surface area contributed by atoms with E-state index < -0.39 is 17.5 Å². The zero-order valence-electron chi connectivity index (χ0n) is 16.6. The molecule has 2 aromatic rings. The molecule has 3 atom stereocenters. The molecule has 1 heterocycles. The van der Waals surface area contributed by atoms with Crippen molar-refractivity contribution in [3.63, 3.8) is 0 Å². The van der Waals surface area contributed by atoms with Crippen LogP contribution < -0.4 is 4.74 Å². The lowest BCUT2D eigenvalue weighted by Crippen LogP contribution is -2.34. The molecule has 150 valence electrons. The summed E-state index contributed by atoms with van der Waals surface area (Å²) >= 11 is 0. The number of hydrogen-bond donors (Lipinski definition) is 1. The van der Waals surface area contributed by atoms with Crippen molar-refractivity contribution in [3.05, 3.63) is 78.4 Å². The Hall–Kier alpha value is -2.18. The quantitative estimate of drug-likeness (QED) is 0.698. The van der Waals surface area contributed by atoms with Crippen LogP contribution in [-0.2, 0) is 19.8 Å². The van der Waals surface area contributed by atoms with Crippen LogP contribution in [0.4, 0.5) is 0 Å². The normalized spacial score (nSPS) is 21.6. The summed E-state index contributed by atoms with van der Waals surface area (Å²) in [5, 5.41) is 11.1. The van der Waals surface area contributed by atoms with Gasteiger partial charge >= 0.3 is 0 Å². The maximum absolute atomic E-state index is 11.1. The summed E-state index contributed by atoms with van der Waals surface area (Å²) < 4.78 is 23.2. The number of ether oxygens (including phenoxy) is 4. The van der Waals surface area contributed by atoms with Gasteiger partial charge in [-0.05, 0) is 37.1 Å². The van der Waals surface area contributed by atoms with E-state index in [1.54, 1.807) is 7.11 Å². The molecule has 5 heteroatoms. The summed E-state index contributed by atoms with van der Waals surface area (Å²) in [4.78, 5) is 0. The van der Waals surface area contributed by atoms with E-state index in [1.165, 1.54) is 6.08 Å². The van der Waals surface area contributed by atoms with E-state index in [2.05, 4.69) is 6.58 Å². The van der Waals surface area contributed by atoms with Crippen molar-refractivity contribution < 1.29 is 24.1 Å². The Morgan fingerprint density at radius 3 is 2.43 bits per heavy atom. The van der Waals surface area contributed by atoms with Crippen molar-refractivity contribution >= 4 is 0 Å². The van der Waals surface area contributed by atoms with Gasteiger partial charge in [-0.1, -0.05) is 55.1 Å². The minimum atomic E-state index is -1.30. The Morgan fingerprint density at radius 1 is 1.21 bits per heavy atom. The minimum absolute atomic E-state index is 0.0392. The predicted molar refractivity (Wildman–Crippen MR) is 107 cm³/mol. The molecular weight excluding hydrogens is 356 g/mol. The highest BCUT2D eigenvalue weighted by atomic mass is 16.7. The Labute approximate surface area is 166 Å². The third-order valence-electron chi connectivity index (χ3n) is 4.91. The Morgan fingerprint density at radius 2 is 1.89 bits per heavy atom. The van der Waals surface area contributed by atoms with Crippen molar-refractivity contribution in [3.8, 4) is 5.75 Å². The third kappa shape index (κ3) is 4.62. The second-order valence-corrected chi connectivity index (χ2v) is 7.37. The van der Waals surface area contributed by atoms with Crippen LogP contribution in [0.15, 0.2) is 67.3 Å². The largest absolute Gasteiger partial charge is 0.497 e. The number of aliphatic hydroxyl groups is 1. The van der Waals surface area contributed by atoms with Crippen molar-refractivity contribution in [1.82, 2.24) is 0 Å². The number of hydrogen-bond acceptors (Lipinski definition) is 5. The van der Waals surface area contributed by atoms with E-state index in [0.717, 1.165) is 16.9 Å². The van der Waals surface area contributed by atoms with Crippen LogP contribution in [0.2, 0.25) is 0 Å². The second-order valence-electron chi connectivity index (χ2n) is 7.37. The highest BCUT2D eigenvalue weighted by Crippen LogP contribution is 2.35. The molecule has 5 nitrogen and oxygen atoms in total. The summed E-state index contributed by atoms with van der Waals surface area (Å²) in [6, 6.07) is 17.0. The van der Waals surface area contributed by atoms with Crippen LogP contribution in [0.25, 0.3) is 0 Å². The molecule has 0 radical (unpaired) electrons. The highest BCUT2D eigenvalue weighted by molar-refractivity contribution is 5.30. The van der Waals surface area contributed by atoms with Crippen molar-refractivity contribution in [2.24, 2.45) is 0 Å². The molecule has 0 unspecified atom stereocenters. The summed E-state index contributed by atoms with van der Waals surface area (Å²) in [6.45, 7) is 8.00. The smallest absolute Gasteiger partial charge is 0.163 e. The van der Waals surface area contributed by atoms with Gasteiger partial charge in [0.15, 0.2) is 5.79 Å². The van der Waals surface area contributed by atoms with Gasteiger partial charge in [0, 0.05) is 0 Å². The summed E-state index contributed by atoms with van der Waals surface area (Å²) in [6.07, 6.45) is 0.791. The lowest BCUT2D eigenvalue weighted by Gasteiger charge is -2.30. The second kappa shape index (κ2) is 8.45. The van der Waals surface area contributed by atoms with Crippen LogP contribution in [0, 0.1) is 0 Å². The van der Waals surface area contributed by atoms with Crippen LogP contribution in [0.3, 0.4) is 0 Å². The summed E-state index contributed by atoms with van der Waals surface area (Å²) in [5.74, 6) is 0.0886. The van der Waals surface area contributed by atoms with Gasteiger partial charge in [-0.3, -0.25) is 0 Å². The Bertz CT molecular complexity index is 771. The van der Waals surface area contributed by atoms with Crippen LogP contribution >= 0.6 is 0 Å². The van der Waals surface area contributed by atoms with Crippen molar-refractivity contribution in [1.29, 1.82) is 0 Å². The first-order chi connectivity index (χ1) is 13.4. The molecule has 1 aliphatic rings. The molecule has 1 aliphatic heterocycles. The third-order valence-corrected chi connectivity index (χ3v) is 4.91. The topological polar surface area (TPSA) is 57.2 Å². The lowest BCUT2D eigenvalue weighted by molar-refractivity contribution is -0.163. The number of rotatable bonds is 8. The number of benzene rings is 2. The maximum atomic E-state index is 11.1. The molecule has 0 aromatic heterocycles. The first-order valence-electron chi connectivity index (χ1n) is 9.36. The van der Waals surface area contributed by atoms with E-state index in [4.69, 9.17) is 18.9 Å². The Balaban J connectivity index is 1.83. The molecule has 1 saturated heterocycles. The van der Waals surface area contributed by atoms with Gasteiger partial charge in [0.25, 0.3) is 0 Å². The zero-order valence-corrected chi connectivity index (χ0v) is 16.6. The van der Waals surface area contributed by atoms with Crippen LogP contribution in [-0.4, -0.2) is 37.3 Å². The molecule has 1 fully saturated rings. The fraction of sp³-hybridized carbons (Fsp3) is 0.391. The molecule has 28 heavy (non-hydrogen) atoms. The van der Waals surface area contributed by atoms with Gasteiger partial charge in [-0.25, -0.2) is 0 Å². The fourth-order valence-electron chi connectivity index (χ4n) is 3.28. The summed E-state index contributed by atoms with van der Waals surface area (Å²) in [7, 11) is 1.63. The van der Waals surface area contributed by atoms with Crippen molar-refractivity contribution in [2.75, 3.05) is 20.3 Å². The van der Waals surface area contributed by atoms with Gasteiger partial charge in [0.05, 0.1) is 20.3 Å².